The van der Waals surface area contributed by atoms with Crippen molar-refractivity contribution in [3.05, 3.63) is 110 Å². The summed E-state index contributed by atoms with van der Waals surface area (Å²) in [5, 5.41) is 4.07. The molecular weight excluding hydrogens is 346 g/mol. The van der Waals surface area contributed by atoms with Gasteiger partial charge in [-0.15, -0.1) is 13.2 Å². The summed E-state index contributed by atoms with van der Waals surface area (Å²) in [7, 11) is 0. The molecule has 0 saturated carbocycles. The van der Waals surface area contributed by atoms with E-state index in [0.717, 1.165) is 16.8 Å². The van der Waals surface area contributed by atoms with Gasteiger partial charge < -0.3 is 0 Å². The fourth-order valence-corrected chi connectivity index (χ4v) is 2.85. The van der Waals surface area contributed by atoms with E-state index in [9.17, 15) is 0 Å². The standard InChI is InChI=1S/C23H23N5/c1-3-15-27(16-4-2)28(23-25-18-24-19-26-23)22(21-13-9-6-10-14-21)17-20-11-7-5-8-12-20/h3-14,17-19H,1-2,15-16H2. The number of anilines is 1. The van der Waals surface area contributed by atoms with E-state index < -0.39 is 0 Å². The van der Waals surface area contributed by atoms with Gasteiger partial charge in [-0.25, -0.2) is 15.0 Å². The Hall–Kier alpha value is -3.57. The van der Waals surface area contributed by atoms with Crippen LogP contribution in [0, 0.1) is 0 Å². The Morgan fingerprint density at radius 2 is 1.39 bits per heavy atom. The van der Waals surface area contributed by atoms with Crippen molar-refractivity contribution in [3.63, 3.8) is 0 Å². The molecule has 0 aliphatic carbocycles. The summed E-state index contributed by atoms with van der Waals surface area (Å²) in [5.74, 6) is 0.532. The van der Waals surface area contributed by atoms with Crippen molar-refractivity contribution in [2.24, 2.45) is 0 Å². The third-order valence-corrected chi connectivity index (χ3v) is 4.03. The number of benzene rings is 2. The van der Waals surface area contributed by atoms with Gasteiger partial charge in [0.15, 0.2) is 0 Å². The molecule has 0 saturated heterocycles. The summed E-state index contributed by atoms with van der Waals surface area (Å²) < 4.78 is 0. The van der Waals surface area contributed by atoms with E-state index in [1.54, 1.807) is 0 Å². The van der Waals surface area contributed by atoms with Gasteiger partial charge in [-0.05, 0) is 17.2 Å². The summed E-state index contributed by atoms with van der Waals surface area (Å²) in [4.78, 5) is 12.8. The van der Waals surface area contributed by atoms with Gasteiger partial charge in [0, 0.05) is 13.1 Å². The first-order valence-corrected chi connectivity index (χ1v) is 9.04. The minimum atomic E-state index is 0.532. The maximum atomic E-state index is 4.41. The highest BCUT2D eigenvalue weighted by Crippen LogP contribution is 2.27. The first kappa shape index (κ1) is 19.2. The average Bonchev–Trinajstić information content (AvgIpc) is 2.76. The molecule has 0 aliphatic heterocycles. The van der Waals surface area contributed by atoms with E-state index in [1.807, 2.05) is 53.6 Å². The van der Waals surface area contributed by atoms with Crippen LogP contribution in [0.4, 0.5) is 5.95 Å². The van der Waals surface area contributed by atoms with Crippen molar-refractivity contribution in [1.29, 1.82) is 0 Å². The van der Waals surface area contributed by atoms with Crippen LogP contribution in [0.25, 0.3) is 11.8 Å². The van der Waals surface area contributed by atoms with E-state index in [-0.39, 0.29) is 0 Å². The monoisotopic (exact) mass is 369 g/mol. The third-order valence-electron chi connectivity index (χ3n) is 4.03. The van der Waals surface area contributed by atoms with E-state index >= 15 is 0 Å². The van der Waals surface area contributed by atoms with Gasteiger partial charge in [0.05, 0.1) is 5.70 Å². The van der Waals surface area contributed by atoms with Gasteiger partial charge in [-0.2, -0.15) is 9.97 Å². The molecule has 0 fully saturated rings. The zero-order valence-corrected chi connectivity index (χ0v) is 15.7. The zero-order valence-electron chi connectivity index (χ0n) is 15.7. The number of hydrogen-bond donors (Lipinski definition) is 0. The van der Waals surface area contributed by atoms with Crippen molar-refractivity contribution in [1.82, 2.24) is 20.0 Å². The second kappa shape index (κ2) is 9.94. The fraction of sp³-hybridized carbons (Fsp3) is 0.0870. The molecule has 2 aromatic carbocycles. The SMILES string of the molecule is C=CCN(CC=C)N(C(=Cc1ccccc1)c1ccccc1)c1ncncn1. The molecule has 3 rings (SSSR count). The van der Waals surface area contributed by atoms with E-state index in [0.29, 0.717) is 19.0 Å². The normalized spacial score (nSPS) is 11.2. The smallest absolute Gasteiger partial charge is 0.240 e. The first-order chi connectivity index (χ1) is 13.8. The zero-order chi connectivity index (χ0) is 19.6. The first-order valence-electron chi connectivity index (χ1n) is 9.04. The summed E-state index contributed by atoms with van der Waals surface area (Å²) in [6.45, 7) is 9.01. The molecule has 140 valence electrons. The Bertz CT molecular complexity index is 897. The number of nitrogens with zero attached hydrogens (tertiary/aromatic N) is 5. The van der Waals surface area contributed by atoms with Crippen molar-refractivity contribution in [2.75, 3.05) is 18.1 Å². The van der Waals surface area contributed by atoms with Crippen LogP contribution in [0.2, 0.25) is 0 Å². The largest absolute Gasteiger partial charge is 0.248 e. The van der Waals surface area contributed by atoms with Crippen molar-refractivity contribution >= 4 is 17.7 Å². The van der Waals surface area contributed by atoms with Gasteiger partial charge in [0.1, 0.15) is 12.7 Å². The molecule has 1 heterocycles. The van der Waals surface area contributed by atoms with E-state index in [4.69, 9.17) is 0 Å². The lowest BCUT2D eigenvalue weighted by Gasteiger charge is -2.35. The van der Waals surface area contributed by atoms with Crippen LogP contribution in [0.5, 0.6) is 0 Å². The Balaban J connectivity index is 2.19. The molecule has 5 nitrogen and oxygen atoms in total. The summed E-state index contributed by atoms with van der Waals surface area (Å²) in [5.41, 5.74) is 3.07. The van der Waals surface area contributed by atoms with Crippen molar-refractivity contribution in [2.45, 2.75) is 0 Å². The Morgan fingerprint density at radius 1 is 0.821 bits per heavy atom. The average molecular weight is 369 g/mol. The predicted molar refractivity (Wildman–Crippen MR) is 115 cm³/mol. The Morgan fingerprint density at radius 3 is 1.96 bits per heavy atom. The lowest BCUT2D eigenvalue weighted by Crippen LogP contribution is -2.43. The maximum Gasteiger partial charge on any atom is 0.248 e. The third kappa shape index (κ3) is 4.78. The van der Waals surface area contributed by atoms with Crippen LogP contribution in [-0.4, -0.2) is 33.1 Å². The molecule has 3 aromatic rings. The topological polar surface area (TPSA) is 45.2 Å². The number of aromatic nitrogens is 3. The van der Waals surface area contributed by atoms with Crippen LogP contribution in [0.3, 0.4) is 0 Å². The number of rotatable bonds is 9. The molecule has 0 bridgehead atoms. The van der Waals surface area contributed by atoms with Crippen LogP contribution in [0.1, 0.15) is 11.1 Å². The van der Waals surface area contributed by atoms with Crippen LogP contribution in [0.15, 0.2) is 98.6 Å². The van der Waals surface area contributed by atoms with Crippen LogP contribution < -0.4 is 5.01 Å². The molecule has 0 radical (unpaired) electrons. The highest BCUT2D eigenvalue weighted by Gasteiger charge is 2.22. The highest BCUT2D eigenvalue weighted by atomic mass is 15.7. The number of hydrogen-bond acceptors (Lipinski definition) is 5. The number of hydrazine groups is 1. The molecule has 0 atom stereocenters. The quantitative estimate of drug-likeness (QED) is 0.316. The van der Waals surface area contributed by atoms with Crippen LogP contribution in [-0.2, 0) is 0 Å². The molecule has 0 aliphatic rings. The van der Waals surface area contributed by atoms with Crippen LogP contribution >= 0.6 is 0 Å². The highest BCUT2D eigenvalue weighted by molar-refractivity contribution is 5.88. The van der Waals surface area contributed by atoms with Crippen molar-refractivity contribution in [3.8, 4) is 0 Å². The Labute approximate surface area is 166 Å². The minimum Gasteiger partial charge on any atom is -0.240 e. The second-order valence-electron chi connectivity index (χ2n) is 6.01. The summed E-state index contributed by atoms with van der Waals surface area (Å²) in [6.07, 6.45) is 8.82. The predicted octanol–water partition coefficient (Wildman–Crippen LogP) is 4.47. The van der Waals surface area contributed by atoms with Gasteiger partial charge in [0.2, 0.25) is 5.95 Å². The van der Waals surface area contributed by atoms with Gasteiger partial charge in [-0.3, -0.25) is 0 Å². The second-order valence-corrected chi connectivity index (χ2v) is 6.01. The fourth-order valence-electron chi connectivity index (χ4n) is 2.85. The van der Waals surface area contributed by atoms with Gasteiger partial charge >= 0.3 is 0 Å². The van der Waals surface area contributed by atoms with Crippen molar-refractivity contribution < 1.29 is 0 Å². The molecule has 0 spiro atoms. The molecular formula is C23H23N5. The lowest BCUT2D eigenvalue weighted by atomic mass is 10.1. The molecule has 0 amide bonds. The molecule has 28 heavy (non-hydrogen) atoms. The molecule has 1 aromatic heterocycles. The summed E-state index contributed by atoms with van der Waals surface area (Å²) >= 11 is 0. The van der Waals surface area contributed by atoms with E-state index in [1.165, 1.54) is 12.7 Å². The maximum absolute atomic E-state index is 4.41. The van der Waals surface area contributed by atoms with Gasteiger partial charge in [0.25, 0.3) is 0 Å². The molecule has 0 unspecified atom stereocenters. The molecule has 0 N–H and O–H groups in total. The van der Waals surface area contributed by atoms with Gasteiger partial charge in [-0.1, -0.05) is 72.8 Å². The van der Waals surface area contributed by atoms with E-state index in [2.05, 4.69) is 63.5 Å². The summed E-state index contributed by atoms with van der Waals surface area (Å²) in [6, 6.07) is 20.4. The Kier molecular flexibility index (Phi) is 6.82. The minimum absolute atomic E-state index is 0.532. The molecule has 5 heteroatoms. The lowest BCUT2D eigenvalue weighted by molar-refractivity contribution is 0.339.